The highest BCUT2D eigenvalue weighted by Crippen LogP contribution is 2.39. The van der Waals surface area contributed by atoms with Crippen LogP contribution in [0.15, 0.2) is 54.4 Å². The molecule has 0 saturated heterocycles. The van der Waals surface area contributed by atoms with Crippen LogP contribution < -0.4 is 5.32 Å². The number of hydrogen-bond donors (Lipinski definition) is 1. The SMILES string of the molecule is O=C1C=C(Nc2ccccc2)C(=O)c2cnc(C3CC3)cc21. The number of anilines is 1. The molecule has 0 bridgehead atoms. The zero-order valence-electron chi connectivity index (χ0n) is 11.9. The molecule has 0 unspecified atom stereocenters. The molecule has 0 amide bonds. The smallest absolute Gasteiger partial charge is 0.211 e. The maximum atomic E-state index is 12.5. The minimum absolute atomic E-state index is 0.141. The van der Waals surface area contributed by atoms with Crippen LogP contribution in [0.1, 0.15) is 45.2 Å². The molecule has 1 saturated carbocycles. The van der Waals surface area contributed by atoms with Gasteiger partial charge in [-0.2, -0.15) is 0 Å². The van der Waals surface area contributed by atoms with E-state index in [9.17, 15) is 9.59 Å². The molecule has 4 rings (SSSR count). The fourth-order valence-corrected chi connectivity index (χ4v) is 2.65. The predicted octanol–water partition coefficient (Wildman–Crippen LogP) is 3.33. The third kappa shape index (κ3) is 2.22. The lowest BCUT2D eigenvalue weighted by atomic mass is 9.93. The molecule has 22 heavy (non-hydrogen) atoms. The highest BCUT2D eigenvalue weighted by molar-refractivity contribution is 6.25. The number of para-hydroxylation sites is 1. The number of benzene rings is 1. The zero-order chi connectivity index (χ0) is 15.1. The lowest BCUT2D eigenvalue weighted by molar-refractivity contribution is 0.0985. The molecule has 1 fully saturated rings. The van der Waals surface area contributed by atoms with Crippen molar-refractivity contribution in [3.8, 4) is 0 Å². The van der Waals surface area contributed by atoms with Crippen LogP contribution in [0.3, 0.4) is 0 Å². The molecule has 108 valence electrons. The lowest BCUT2D eigenvalue weighted by Gasteiger charge is -2.17. The van der Waals surface area contributed by atoms with Crippen LogP contribution >= 0.6 is 0 Å². The summed E-state index contributed by atoms with van der Waals surface area (Å²) in [5.74, 6) is 0.131. The van der Waals surface area contributed by atoms with E-state index in [1.807, 2.05) is 30.3 Å². The van der Waals surface area contributed by atoms with Gasteiger partial charge in [-0.25, -0.2) is 0 Å². The normalized spacial score (nSPS) is 17.0. The average Bonchev–Trinajstić information content (AvgIpc) is 3.38. The topological polar surface area (TPSA) is 59.1 Å². The number of rotatable bonds is 3. The molecule has 4 heteroatoms. The van der Waals surface area contributed by atoms with Gasteiger partial charge < -0.3 is 5.32 Å². The highest BCUT2D eigenvalue weighted by Gasteiger charge is 2.30. The van der Waals surface area contributed by atoms with Crippen molar-refractivity contribution in [1.82, 2.24) is 4.98 Å². The Morgan fingerprint density at radius 2 is 1.82 bits per heavy atom. The first-order valence-corrected chi connectivity index (χ1v) is 7.35. The summed E-state index contributed by atoms with van der Waals surface area (Å²) < 4.78 is 0. The molecule has 1 N–H and O–H groups in total. The number of ketones is 2. The second-order valence-electron chi connectivity index (χ2n) is 5.67. The fraction of sp³-hybridized carbons (Fsp3) is 0.167. The third-order valence-electron chi connectivity index (χ3n) is 4.00. The molecular weight excluding hydrogens is 276 g/mol. The van der Waals surface area contributed by atoms with Crippen molar-refractivity contribution < 1.29 is 9.59 Å². The third-order valence-corrected chi connectivity index (χ3v) is 4.00. The summed E-state index contributed by atoms with van der Waals surface area (Å²) in [7, 11) is 0. The molecular formula is C18H14N2O2. The minimum atomic E-state index is -0.187. The molecule has 4 nitrogen and oxygen atoms in total. The van der Waals surface area contributed by atoms with Gasteiger partial charge in [0.05, 0.1) is 11.3 Å². The zero-order valence-corrected chi connectivity index (χ0v) is 11.9. The summed E-state index contributed by atoms with van der Waals surface area (Å²) in [6, 6.07) is 11.1. The van der Waals surface area contributed by atoms with Crippen molar-refractivity contribution in [2.24, 2.45) is 0 Å². The molecule has 1 aromatic heterocycles. The predicted molar refractivity (Wildman–Crippen MR) is 83.0 cm³/mol. The summed E-state index contributed by atoms with van der Waals surface area (Å²) in [4.78, 5) is 29.2. The Bertz CT molecular complexity index is 805. The number of pyridine rings is 1. The molecule has 1 aromatic carbocycles. The van der Waals surface area contributed by atoms with Gasteiger partial charge in [-0.05, 0) is 31.0 Å². The van der Waals surface area contributed by atoms with Crippen LogP contribution in [-0.4, -0.2) is 16.6 Å². The molecule has 0 atom stereocenters. The van der Waals surface area contributed by atoms with Crippen LogP contribution in [0, 0.1) is 0 Å². The quantitative estimate of drug-likeness (QED) is 0.942. The Kier molecular flexibility index (Phi) is 2.89. The standard InChI is InChI=1S/C18H14N2O2/c21-17-9-16(20-12-4-2-1-3-5-12)18(22)14-10-19-15(8-13(14)17)11-6-7-11/h1-5,8-11,20H,6-7H2. The Labute approximate surface area is 127 Å². The van der Waals surface area contributed by atoms with Gasteiger partial charge in [0.2, 0.25) is 5.78 Å². The largest absolute Gasteiger partial charge is 0.352 e. The summed E-state index contributed by atoms with van der Waals surface area (Å²) in [5.41, 5.74) is 2.86. The average molecular weight is 290 g/mol. The minimum Gasteiger partial charge on any atom is -0.352 e. The summed E-state index contributed by atoms with van der Waals surface area (Å²) in [6.07, 6.45) is 5.16. The van der Waals surface area contributed by atoms with E-state index in [4.69, 9.17) is 0 Å². The van der Waals surface area contributed by atoms with E-state index in [-0.39, 0.29) is 11.6 Å². The summed E-state index contributed by atoms with van der Waals surface area (Å²) in [6.45, 7) is 0. The number of carbonyl (C=O) groups excluding carboxylic acids is 2. The Morgan fingerprint density at radius 3 is 2.55 bits per heavy atom. The summed E-state index contributed by atoms with van der Waals surface area (Å²) in [5, 5.41) is 3.01. The molecule has 0 aliphatic heterocycles. The van der Waals surface area contributed by atoms with Crippen LogP contribution in [0.25, 0.3) is 0 Å². The van der Waals surface area contributed by atoms with Crippen LogP contribution in [0.2, 0.25) is 0 Å². The van der Waals surface area contributed by atoms with Gasteiger partial charge in [-0.1, -0.05) is 18.2 Å². The number of allylic oxidation sites excluding steroid dienone is 2. The van der Waals surface area contributed by atoms with Gasteiger partial charge >= 0.3 is 0 Å². The molecule has 0 spiro atoms. The van der Waals surface area contributed by atoms with Gasteiger partial charge in [-0.15, -0.1) is 0 Å². The maximum Gasteiger partial charge on any atom is 0.211 e. The number of hydrogen-bond acceptors (Lipinski definition) is 4. The second kappa shape index (κ2) is 4.91. The first-order chi connectivity index (χ1) is 10.7. The van der Waals surface area contributed by atoms with Gasteiger partial charge in [-0.3, -0.25) is 14.6 Å². The summed E-state index contributed by atoms with van der Waals surface area (Å²) >= 11 is 0. The van der Waals surface area contributed by atoms with Crippen molar-refractivity contribution >= 4 is 17.3 Å². The van der Waals surface area contributed by atoms with Gasteiger partial charge in [0.25, 0.3) is 0 Å². The maximum absolute atomic E-state index is 12.5. The second-order valence-corrected chi connectivity index (χ2v) is 5.67. The monoisotopic (exact) mass is 290 g/mol. The van der Waals surface area contributed by atoms with Crippen molar-refractivity contribution in [3.05, 3.63) is 71.2 Å². The number of fused-ring (bicyclic) bond motifs is 1. The first kappa shape index (κ1) is 13.0. The molecule has 0 radical (unpaired) electrons. The first-order valence-electron chi connectivity index (χ1n) is 7.35. The Hall–Kier alpha value is -2.75. The Balaban J connectivity index is 1.68. The van der Waals surface area contributed by atoms with Crippen molar-refractivity contribution in [2.45, 2.75) is 18.8 Å². The van der Waals surface area contributed by atoms with E-state index in [0.717, 1.165) is 24.2 Å². The number of aromatic nitrogens is 1. The number of Topliss-reactive ketones (excluding diaryl/α,β-unsaturated/α-hetero) is 1. The Morgan fingerprint density at radius 1 is 1.05 bits per heavy atom. The van der Waals surface area contributed by atoms with E-state index < -0.39 is 0 Å². The molecule has 2 aliphatic rings. The lowest BCUT2D eigenvalue weighted by Crippen LogP contribution is -2.22. The number of nitrogens with one attached hydrogen (secondary N) is 1. The molecule has 1 heterocycles. The van der Waals surface area contributed by atoms with Crippen LogP contribution in [-0.2, 0) is 0 Å². The van der Waals surface area contributed by atoms with E-state index in [1.165, 1.54) is 6.08 Å². The van der Waals surface area contributed by atoms with E-state index in [2.05, 4.69) is 10.3 Å². The fourth-order valence-electron chi connectivity index (χ4n) is 2.65. The van der Waals surface area contributed by atoms with E-state index in [1.54, 1.807) is 12.3 Å². The number of carbonyl (C=O) groups is 2. The molecule has 2 aliphatic carbocycles. The van der Waals surface area contributed by atoms with E-state index >= 15 is 0 Å². The molecule has 2 aromatic rings. The van der Waals surface area contributed by atoms with Crippen LogP contribution in [0.5, 0.6) is 0 Å². The van der Waals surface area contributed by atoms with E-state index in [0.29, 0.717) is 22.7 Å². The van der Waals surface area contributed by atoms with Gasteiger partial charge in [0, 0.05) is 35.1 Å². The van der Waals surface area contributed by atoms with Gasteiger partial charge in [0.15, 0.2) is 5.78 Å². The van der Waals surface area contributed by atoms with Crippen molar-refractivity contribution in [3.63, 3.8) is 0 Å². The number of nitrogens with zero attached hydrogens (tertiary/aromatic N) is 1. The van der Waals surface area contributed by atoms with Gasteiger partial charge in [0.1, 0.15) is 0 Å². The highest BCUT2D eigenvalue weighted by atomic mass is 16.1. The van der Waals surface area contributed by atoms with Crippen molar-refractivity contribution in [1.29, 1.82) is 0 Å². The van der Waals surface area contributed by atoms with Crippen molar-refractivity contribution in [2.75, 3.05) is 5.32 Å². The van der Waals surface area contributed by atoms with Crippen LogP contribution in [0.4, 0.5) is 5.69 Å².